The van der Waals surface area contributed by atoms with Crippen LogP contribution in [0.25, 0.3) is 0 Å². The summed E-state index contributed by atoms with van der Waals surface area (Å²) in [6, 6.07) is 11.6. The average molecular weight is 453 g/mol. The van der Waals surface area contributed by atoms with Crippen molar-refractivity contribution in [2.45, 2.75) is 37.8 Å². The first kappa shape index (κ1) is 23.9. The molecule has 0 aliphatic rings. The normalized spacial score (nSPS) is 12.4. The minimum Gasteiger partial charge on any atom is -0.468 e. The van der Waals surface area contributed by atoms with E-state index in [0.29, 0.717) is 17.0 Å². The molecule has 0 bridgehead atoms. The van der Waals surface area contributed by atoms with Gasteiger partial charge in [-0.25, -0.2) is 8.42 Å². The highest BCUT2D eigenvalue weighted by Gasteiger charge is 2.27. The molecular weight excluding hydrogens is 428 g/mol. The van der Waals surface area contributed by atoms with Gasteiger partial charge >= 0.3 is 5.97 Å². The van der Waals surface area contributed by atoms with Crippen LogP contribution in [0.2, 0.25) is 5.02 Å². The number of carbonyl (C=O) groups is 2. The van der Waals surface area contributed by atoms with Gasteiger partial charge in [-0.3, -0.25) is 9.59 Å². The summed E-state index contributed by atoms with van der Waals surface area (Å²) in [4.78, 5) is 24.1. The van der Waals surface area contributed by atoms with Crippen molar-refractivity contribution in [3.05, 3.63) is 64.7 Å². The zero-order chi connectivity index (χ0) is 22.3. The fraction of sp³-hybridized carbons (Fsp3) is 0.333. The van der Waals surface area contributed by atoms with Crippen LogP contribution in [-0.2, 0) is 26.1 Å². The van der Waals surface area contributed by atoms with Gasteiger partial charge in [-0.1, -0.05) is 37.6 Å². The maximum Gasteiger partial charge on any atom is 0.323 e. The number of amides is 1. The third kappa shape index (κ3) is 6.83. The largest absolute Gasteiger partial charge is 0.468 e. The first-order chi connectivity index (χ1) is 14.1. The second-order valence-corrected chi connectivity index (χ2v) is 9.31. The lowest BCUT2D eigenvalue weighted by Gasteiger charge is -2.18. The van der Waals surface area contributed by atoms with E-state index in [0.717, 1.165) is 5.56 Å². The van der Waals surface area contributed by atoms with Crippen LogP contribution >= 0.6 is 11.6 Å². The first-order valence-electron chi connectivity index (χ1n) is 9.35. The molecule has 0 unspecified atom stereocenters. The summed E-state index contributed by atoms with van der Waals surface area (Å²) in [5, 5.41) is 3.30. The SMILES string of the molecule is COC(=O)[C@H](CC(C)C)NS(=O)(=O)c1ccc(CNC(=O)c2ccc(Cl)cc2)cc1. The molecule has 0 aliphatic carbocycles. The average Bonchev–Trinajstić information content (AvgIpc) is 2.71. The molecule has 2 N–H and O–H groups in total. The highest BCUT2D eigenvalue weighted by atomic mass is 35.5. The molecule has 0 aromatic heterocycles. The van der Waals surface area contributed by atoms with Crippen molar-refractivity contribution in [1.29, 1.82) is 0 Å². The number of halogens is 1. The smallest absolute Gasteiger partial charge is 0.323 e. The van der Waals surface area contributed by atoms with E-state index < -0.39 is 22.0 Å². The molecule has 0 saturated heterocycles. The standard InChI is InChI=1S/C21H25ClN2O5S/c1-14(2)12-19(21(26)29-3)24-30(27,28)18-10-4-15(5-11-18)13-23-20(25)16-6-8-17(22)9-7-16/h4-11,14,19,24H,12-13H2,1-3H3,(H,23,25)/t19-/m0/s1. The minimum absolute atomic E-state index is 0.0212. The molecule has 30 heavy (non-hydrogen) atoms. The van der Waals surface area contributed by atoms with E-state index in [1.165, 1.54) is 19.2 Å². The fourth-order valence-corrected chi connectivity index (χ4v) is 4.06. The summed E-state index contributed by atoms with van der Waals surface area (Å²) in [5.41, 5.74) is 1.20. The maximum atomic E-state index is 12.6. The topological polar surface area (TPSA) is 102 Å². The summed E-state index contributed by atoms with van der Waals surface area (Å²) in [7, 11) is -2.69. The van der Waals surface area contributed by atoms with Crippen LogP contribution in [0.5, 0.6) is 0 Å². The molecule has 1 amide bonds. The molecular formula is C21H25ClN2O5S. The van der Waals surface area contributed by atoms with Gasteiger partial charge in [-0.05, 0) is 54.3 Å². The number of nitrogens with one attached hydrogen (secondary N) is 2. The van der Waals surface area contributed by atoms with Crippen molar-refractivity contribution in [2.24, 2.45) is 5.92 Å². The Labute approximate surface area is 181 Å². The Kier molecular flexibility index (Phi) is 8.40. The molecule has 0 heterocycles. The van der Waals surface area contributed by atoms with Crippen molar-refractivity contribution in [1.82, 2.24) is 10.0 Å². The molecule has 2 aromatic rings. The van der Waals surface area contributed by atoms with Crippen LogP contribution in [0.3, 0.4) is 0 Å². The van der Waals surface area contributed by atoms with E-state index in [1.54, 1.807) is 36.4 Å². The van der Waals surface area contributed by atoms with E-state index in [-0.39, 0.29) is 23.3 Å². The number of hydrogen-bond acceptors (Lipinski definition) is 5. The Hall–Kier alpha value is -2.42. The molecule has 2 rings (SSSR count). The van der Waals surface area contributed by atoms with Gasteiger partial charge < -0.3 is 10.1 Å². The molecule has 2 aromatic carbocycles. The molecule has 0 saturated carbocycles. The lowest BCUT2D eigenvalue weighted by atomic mass is 10.1. The summed E-state index contributed by atoms with van der Waals surface area (Å²) >= 11 is 5.81. The second-order valence-electron chi connectivity index (χ2n) is 7.16. The Morgan fingerprint density at radius 1 is 1.03 bits per heavy atom. The molecule has 1 atom stereocenters. The summed E-state index contributed by atoms with van der Waals surface area (Å²) in [6.45, 7) is 4.00. The molecule has 0 aliphatic heterocycles. The summed E-state index contributed by atoms with van der Waals surface area (Å²) in [5.74, 6) is -0.795. The third-order valence-corrected chi connectivity index (χ3v) is 6.02. The van der Waals surface area contributed by atoms with Gasteiger partial charge in [0, 0.05) is 17.1 Å². The number of hydrogen-bond donors (Lipinski definition) is 2. The highest BCUT2D eigenvalue weighted by molar-refractivity contribution is 7.89. The van der Waals surface area contributed by atoms with Gasteiger partial charge in [0.15, 0.2) is 0 Å². The molecule has 9 heteroatoms. The van der Waals surface area contributed by atoms with Crippen LogP contribution in [0.1, 0.15) is 36.2 Å². The second kappa shape index (κ2) is 10.6. The Bertz CT molecular complexity index is 973. The number of esters is 1. The van der Waals surface area contributed by atoms with E-state index in [2.05, 4.69) is 10.0 Å². The zero-order valence-electron chi connectivity index (χ0n) is 17.0. The van der Waals surface area contributed by atoms with Gasteiger partial charge in [0.2, 0.25) is 10.0 Å². The van der Waals surface area contributed by atoms with Crippen LogP contribution in [0.4, 0.5) is 0 Å². The van der Waals surface area contributed by atoms with Crippen LogP contribution < -0.4 is 10.0 Å². The van der Waals surface area contributed by atoms with Gasteiger partial charge in [-0.2, -0.15) is 4.72 Å². The Morgan fingerprint density at radius 2 is 1.63 bits per heavy atom. The molecule has 162 valence electrons. The monoisotopic (exact) mass is 452 g/mol. The van der Waals surface area contributed by atoms with E-state index in [9.17, 15) is 18.0 Å². The predicted octanol–water partition coefficient (Wildman–Crippen LogP) is 3.14. The first-order valence-corrected chi connectivity index (χ1v) is 11.2. The number of methoxy groups -OCH3 is 1. The van der Waals surface area contributed by atoms with Crippen molar-refractivity contribution in [3.8, 4) is 0 Å². The van der Waals surface area contributed by atoms with Gasteiger partial charge in [0.25, 0.3) is 5.91 Å². The number of carbonyl (C=O) groups excluding carboxylic acids is 2. The number of ether oxygens (including phenoxy) is 1. The van der Waals surface area contributed by atoms with Crippen LogP contribution in [0, 0.1) is 5.92 Å². The van der Waals surface area contributed by atoms with Gasteiger partial charge in [0.1, 0.15) is 6.04 Å². The van der Waals surface area contributed by atoms with Gasteiger partial charge in [0.05, 0.1) is 12.0 Å². The lowest BCUT2D eigenvalue weighted by Crippen LogP contribution is -2.42. The zero-order valence-corrected chi connectivity index (χ0v) is 18.6. The van der Waals surface area contributed by atoms with E-state index >= 15 is 0 Å². The van der Waals surface area contributed by atoms with Crippen molar-refractivity contribution in [3.63, 3.8) is 0 Å². The Morgan fingerprint density at radius 3 is 2.17 bits per heavy atom. The lowest BCUT2D eigenvalue weighted by molar-refractivity contribution is -0.143. The molecule has 0 fully saturated rings. The minimum atomic E-state index is -3.91. The van der Waals surface area contributed by atoms with E-state index in [1.807, 2.05) is 13.8 Å². The Balaban J connectivity index is 2.03. The van der Waals surface area contributed by atoms with Gasteiger partial charge in [-0.15, -0.1) is 0 Å². The fourth-order valence-electron chi connectivity index (χ4n) is 2.73. The van der Waals surface area contributed by atoms with Crippen molar-refractivity contribution in [2.75, 3.05) is 7.11 Å². The highest BCUT2D eigenvalue weighted by Crippen LogP contribution is 2.15. The molecule has 0 radical (unpaired) electrons. The number of sulfonamides is 1. The van der Waals surface area contributed by atoms with Crippen molar-refractivity contribution < 1.29 is 22.7 Å². The quantitative estimate of drug-likeness (QED) is 0.569. The molecule has 0 spiro atoms. The third-order valence-electron chi connectivity index (χ3n) is 4.28. The van der Waals surface area contributed by atoms with Crippen LogP contribution in [0.15, 0.2) is 53.4 Å². The number of benzene rings is 2. The summed E-state index contributed by atoms with van der Waals surface area (Å²) < 4.78 is 32.4. The van der Waals surface area contributed by atoms with Crippen molar-refractivity contribution >= 4 is 33.5 Å². The van der Waals surface area contributed by atoms with Crippen LogP contribution in [-0.4, -0.2) is 33.4 Å². The molecule has 7 nitrogen and oxygen atoms in total. The number of rotatable bonds is 9. The predicted molar refractivity (Wildman–Crippen MR) is 115 cm³/mol. The summed E-state index contributed by atoms with van der Waals surface area (Å²) in [6.07, 6.45) is 0.320. The maximum absolute atomic E-state index is 12.6. The van der Waals surface area contributed by atoms with E-state index in [4.69, 9.17) is 16.3 Å².